The zero-order valence-electron chi connectivity index (χ0n) is 11.3. The topological polar surface area (TPSA) is 12.0 Å². The van der Waals surface area contributed by atoms with E-state index in [1.807, 2.05) is 18.2 Å². The Kier molecular flexibility index (Phi) is 6.07. The number of nitrogens with one attached hydrogen (secondary N) is 1. The Morgan fingerprint density at radius 3 is 2.60 bits per heavy atom. The van der Waals surface area contributed by atoms with Crippen molar-refractivity contribution in [2.75, 3.05) is 6.54 Å². The molecule has 2 aromatic rings. The van der Waals surface area contributed by atoms with Crippen LogP contribution >= 0.6 is 27.7 Å². The fourth-order valence-corrected chi connectivity index (χ4v) is 3.15. The summed E-state index contributed by atoms with van der Waals surface area (Å²) < 4.78 is 14.0. The molecule has 20 heavy (non-hydrogen) atoms. The molecule has 0 aliphatic heterocycles. The maximum atomic E-state index is 12.9. The van der Waals surface area contributed by atoms with Crippen molar-refractivity contribution < 1.29 is 4.39 Å². The second-order valence-electron chi connectivity index (χ2n) is 4.48. The summed E-state index contributed by atoms with van der Waals surface area (Å²) in [4.78, 5) is 2.24. The normalized spacial score (nSPS) is 10.8. The minimum atomic E-state index is -0.199. The lowest BCUT2D eigenvalue weighted by molar-refractivity contribution is 0.626. The molecule has 0 aliphatic carbocycles. The highest BCUT2D eigenvalue weighted by Gasteiger charge is 2.05. The first-order valence-corrected chi connectivity index (χ1v) is 8.22. The van der Waals surface area contributed by atoms with Crippen LogP contribution in [0.1, 0.15) is 18.9 Å². The van der Waals surface area contributed by atoms with Crippen molar-refractivity contribution in [1.29, 1.82) is 0 Å². The van der Waals surface area contributed by atoms with Gasteiger partial charge in [-0.2, -0.15) is 0 Å². The number of rotatable bonds is 6. The van der Waals surface area contributed by atoms with E-state index in [-0.39, 0.29) is 5.82 Å². The fourth-order valence-electron chi connectivity index (χ4n) is 1.82. The van der Waals surface area contributed by atoms with Gasteiger partial charge in [0.25, 0.3) is 0 Å². The average molecular weight is 354 g/mol. The zero-order valence-corrected chi connectivity index (χ0v) is 13.7. The molecule has 0 saturated carbocycles. The monoisotopic (exact) mass is 353 g/mol. The summed E-state index contributed by atoms with van der Waals surface area (Å²) >= 11 is 5.18. The van der Waals surface area contributed by atoms with Gasteiger partial charge in [0.05, 0.1) is 0 Å². The molecule has 0 bridgehead atoms. The van der Waals surface area contributed by atoms with Crippen LogP contribution in [-0.4, -0.2) is 6.54 Å². The summed E-state index contributed by atoms with van der Waals surface area (Å²) in [5.41, 5.74) is 1.25. The molecule has 0 saturated heterocycles. The number of benzene rings is 2. The maximum Gasteiger partial charge on any atom is 0.123 e. The molecule has 1 N–H and O–H groups in total. The van der Waals surface area contributed by atoms with Crippen molar-refractivity contribution in [1.82, 2.24) is 5.32 Å². The highest BCUT2D eigenvalue weighted by Crippen LogP contribution is 2.32. The zero-order chi connectivity index (χ0) is 14.4. The molecule has 0 heterocycles. The van der Waals surface area contributed by atoms with Crippen molar-refractivity contribution >= 4 is 27.7 Å². The van der Waals surface area contributed by atoms with Crippen LogP contribution in [0.5, 0.6) is 0 Å². The molecule has 0 radical (unpaired) electrons. The van der Waals surface area contributed by atoms with E-state index in [9.17, 15) is 4.39 Å². The molecule has 0 atom stereocenters. The lowest BCUT2D eigenvalue weighted by Crippen LogP contribution is -2.14. The highest BCUT2D eigenvalue weighted by molar-refractivity contribution is 9.10. The predicted octanol–water partition coefficient (Wildman–Crippen LogP) is 5.24. The van der Waals surface area contributed by atoms with Crippen molar-refractivity contribution in [2.45, 2.75) is 29.7 Å². The molecular weight excluding hydrogens is 337 g/mol. The van der Waals surface area contributed by atoms with Gasteiger partial charge in [-0.1, -0.05) is 34.6 Å². The largest absolute Gasteiger partial charge is 0.313 e. The molecule has 4 heteroatoms. The SMILES string of the molecule is CCCNCc1cc(Br)ccc1Sc1ccc(F)cc1. The molecular formula is C16H17BrFNS. The molecule has 106 valence electrons. The maximum absolute atomic E-state index is 12.9. The Morgan fingerprint density at radius 1 is 1.15 bits per heavy atom. The lowest BCUT2D eigenvalue weighted by Gasteiger charge is -2.11. The molecule has 0 unspecified atom stereocenters. The van der Waals surface area contributed by atoms with Gasteiger partial charge in [0.2, 0.25) is 0 Å². The third-order valence-corrected chi connectivity index (χ3v) is 4.43. The van der Waals surface area contributed by atoms with E-state index in [0.29, 0.717) is 0 Å². The van der Waals surface area contributed by atoms with Gasteiger partial charge in [0.15, 0.2) is 0 Å². The van der Waals surface area contributed by atoms with Crippen LogP contribution in [0.4, 0.5) is 4.39 Å². The van der Waals surface area contributed by atoms with E-state index in [2.05, 4.69) is 40.3 Å². The summed E-state index contributed by atoms with van der Waals surface area (Å²) in [6, 6.07) is 12.9. The van der Waals surface area contributed by atoms with Crippen LogP contribution in [-0.2, 0) is 6.54 Å². The van der Waals surface area contributed by atoms with Crippen LogP contribution in [0, 0.1) is 5.82 Å². The summed E-state index contributed by atoms with van der Waals surface area (Å²) in [7, 11) is 0. The van der Waals surface area contributed by atoms with Crippen molar-refractivity contribution in [3.63, 3.8) is 0 Å². The molecule has 0 spiro atoms. The summed E-state index contributed by atoms with van der Waals surface area (Å²) in [5.74, 6) is -0.199. The van der Waals surface area contributed by atoms with Crippen LogP contribution < -0.4 is 5.32 Å². The first-order chi connectivity index (χ1) is 9.69. The Morgan fingerprint density at radius 2 is 1.90 bits per heavy atom. The third kappa shape index (κ3) is 4.62. The van der Waals surface area contributed by atoms with Crippen molar-refractivity contribution in [2.24, 2.45) is 0 Å². The fraction of sp³-hybridized carbons (Fsp3) is 0.250. The average Bonchev–Trinajstić information content (AvgIpc) is 2.44. The predicted molar refractivity (Wildman–Crippen MR) is 86.7 cm³/mol. The van der Waals surface area contributed by atoms with Gasteiger partial charge in [-0.25, -0.2) is 4.39 Å². The summed E-state index contributed by atoms with van der Waals surface area (Å²) in [6.07, 6.45) is 1.12. The lowest BCUT2D eigenvalue weighted by atomic mass is 10.2. The molecule has 2 rings (SSSR count). The molecule has 2 aromatic carbocycles. The van der Waals surface area contributed by atoms with E-state index in [4.69, 9.17) is 0 Å². The molecule has 0 fully saturated rings. The molecule has 0 amide bonds. The van der Waals surface area contributed by atoms with E-state index >= 15 is 0 Å². The first kappa shape index (κ1) is 15.5. The summed E-state index contributed by atoms with van der Waals surface area (Å²) in [6.45, 7) is 4.01. The second-order valence-corrected chi connectivity index (χ2v) is 6.52. The summed E-state index contributed by atoms with van der Waals surface area (Å²) in [5, 5.41) is 3.42. The van der Waals surface area contributed by atoms with Gasteiger partial charge in [-0.3, -0.25) is 0 Å². The van der Waals surface area contributed by atoms with Gasteiger partial charge in [-0.05, 0) is 61.0 Å². The minimum absolute atomic E-state index is 0.199. The Bertz CT molecular complexity index is 557. The number of hydrogen-bond acceptors (Lipinski definition) is 2. The number of hydrogen-bond donors (Lipinski definition) is 1. The van der Waals surface area contributed by atoms with E-state index < -0.39 is 0 Å². The molecule has 0 aliphatic rings. The van der Waals surface area contributed by atoms with Crippen LogP contribution in [0.2, 0.25) is 0 Å². The highest BCUT2D eigenvalue weighted by atomic mass is 79.9. The van der Waals surface area contributed by atoms with Gasteiger partial charge in [0.1, 0.15) is 5.82 Å². The van der Waals surface area contributed by atoms with E-state index in [1.165, 1.54) is 22.6 Å². The Balaban J connectivity index is 2.15. The molecule has 1 nitrogen and oxygen atoms in total. The van der Waals surface area contributed by atoms with Crippen LogP contribution in [0.3, 0.4) is 0 Å². The Labute approximate surface area is 132 Å². The first-order valence-electron chi connectivity index (χ1n) is 6.61. The van der Waals surface area contributed by atoms with Crippen molar-refractivity contribution in [3.8, 4) is 0 Å². The van der Waals surface area contributed by atoms with E-state index in [0.717, 1.165) is 28.9 Å². The minimum Gasteiger partial charge on any atom is -0.313 e. The van der Waals surface area contributed by atoms with Crippen molar-refractivity contribution in [3.05, 3.63) is 58.3 Å². The molecule has 0 aromatic heterocycles. The van der Waals surface area contributed by atoms with Crippen LogP contribution in [0.15, 0.2) is 56.7 Å². The Hall–Kier alpha value is -0.840. The second kappa shape index (κ2) is 7.81. The third-order valence-electron chi connectivity index (χ3n) is 2.81. The van der Waals surface area contributed by atoms with E-state index in [1.54, 1.807) is 11.8 Å². The quantitative estimate of drug-likeness (QED) is 0.712. The van der Waals surface area contributed by atoms with Gasteiger partial charge in [-0.15, -0.1) is 0 Å². The van der Waals surface area contributed by atoms with Crippen LogP contribution in [0.25, 0.3) is 0 Å². The standard InChI is InChI=1S/C16H17BrFNS/c1-2-9-19-11-12-10-13(17)3-8-16(12)20-15-6-4-14(18)5-7-15/h3-8,10,19H,2,9,11H2,1H3. The smallest absolute Gasteiger partial charge is 0.123 e. The van der Waals surface area contributed by atoms with Gasteiger partial charge < -0.3 is 5.32 Å². The van der Waals surface area contributed by atoms with Gasteiger partial charge >= 0.3 is 0 Å². The number of halogens is 2. The van der Waals surface area contributed by atoms with Gasteiger partial charge in [0, 0.05) is 20.8 Å².